The van der Waals surface area contributed by atoms with Gasteiger partial charge in [0.15, 0.2) is 6.61 Å². The van der Waals surface area contributed by atoms with Gasteiger partial charge < -0.3 is 24.8 Å². The second-order valence-corrected chi connectivity index (χ2v) is 7.65. The van der Waals surface area contributed by atoms with E-state index in [0.29, 0.717) is 29.3 Å². The molecule has 1 heterocycles. The zero-order valence-electron chi connectivity index (χ0n) is 19.1. The Labute approximate surface area is 197 Å². The number of rotatable bonds is 9. The first-order chi connectivity index (χ1) is 16.4. The molecule has 1 atom stereocenters. The molecular formula is C24H28N4O6. The highest BCUT2D eigenvalue weighted by molar-refractivity contribution is 6.39. The maximum absolute atomic E-state index is 12.1. The molecule has 3 N–H and O–H groups in total. The van der Waals surface area contributed by atoms with Crippen LogP contribution in [0.3, 0.4) is 0 Å². The van der Waals surface area contributed by atoms with Gasteiger partial charge in [-0.3, -0.25) is 14.4 Å². The van der Waals surface area contributed by atoms with Crippen molar-refractivity contribution in [1.82, 2.24) is 10.7 Å². The molecule has 0 bridgehead atoms. The number of anilines is 1. The van der Waals surface area contributed by atoms with Crippen molar-refractivity contribution >= 4 is 29.6 Å². The number of hydrazone groups is 1. The Morgan fingerprint density at radius 1 is 1.15 bits per heavy atom. The average Bonchev–Trinajstić information content (AvgIpc) is 3.36. The lowest BCUT2D eigenvalue weighted by Crippen LogP contribution is -2.35. The summed E-state index contributed by atoms with van der Waals surface area (Å²) in [5.41, 5.74) is 4.14. The number of hydrogen-bond acceptors (Lipinski definition) is 7. The third-order valence-corrected chi connectivity index (χ3v) is 4.99. The molecule has 1 aliphatic heterocycles. The van der Waals surface area contributed by atoms with Gasteiger partial charge in [-0.2, -0.15) is 5.10 Å². The molecule has 1 aliphatic rings. The van der Waals surface area contributed by atoms with E-state index in [1.807, 2.05) is 13.0 Å². The third kappa shape index (κ3) is 7.59. The molecule has 0 spiro atoms. The second kappa shape index (κ2) is 12.4. The monoisotopic (exact) mass is 468 g/mol. The van der Waals surface area contributed by atoms with Crippen molar-refractivity contribution in [2.45, 2.75) is 25.9 Å². The number of nitrogens with one attached hydrogen (secondary N) is 3. The summed E-state index contributed by atoms with van der Waals surface area (Å²) in [5.74, 6) is -1.06. The molecule has 1 saturated heterocycles. The van der Waals surface area contributed by atoms with E-state index in [1.165, 1.54) is 13.3 Å². The second-order valence-electron chi connectivity index (χ2n) is 7.65. The molecule has 0 unspecified atom stereocenters. The van der Waals surface area contributed by atoms with Gasteiger partial charge in [-0.05, 0) is 67.3 Å². The maximum Gasteiger partial charge on any atom is 0.329 e. The van der Waals surface area contributed by atoms with Crippen LogP contribution < -0.4 is 25.5 Å². The highest BCUT2D eigenvalue weighted by Gasteiger charge is 2.17. The Bertz CT molecular complexity index is 1030. The van der Waals surface area contributed by atoms with Crippen LogP contribution in [0.25, 0.3) is 0 Å². The Hall–Kier alpha value is -3.92. The number of benzene rings is 2. The van der Waals surface area contributed by atoms with Crippen LogP contribution in [-0.4, -0.2) is 56.9 Å². The number of aryl methyl sites for hydroxylation is 1. The Balaban J connectivity index is 1.41. The van der Waals surface area contributed by atoms with Crippen LogP contribution in [0.5, 0.6) is 11.5 Å². The highest BCUT2D eigenvalue weighted by atomic mass is 16.5. The van der Waals surface area contributed by atoms with Crippen LogP contribution in [0.2, 0.25) is 0 Å². The zero-order valence-corrected chi connectivity index (χ0v) is 19.1. The van der Waals surface area contributed by atoms with Crippen LogP contribution in [-0.2, 0) is 19.1 Å². The minimum Gasteiger partial charge on any atom is -0.495 e. The molecule has 2 aromatic rings. The summed E-state index contributed by atoms with van der Waals surface area (Å²) in [7, 11) is 1.47. The molecule has 0 saturated carbocycles. The summed E-state index contributed by atoms with van der Waals surface area (Å²) in [6.45, 7) is 2.99. The lowest BCUT2D eigenvalue weighted by Gasteiger charge is -2.11. The van der Waals surface area contributed by atoms with Crippen LogP contribution in [0.4, 0.5) is 5.69 Å². The Kier molecular flexibility index (Phi) is 8.98. The van der Waals surface area contributed by atoms with Crippen LogP contribution in [0.15, 0.2) is 47.6 Å². The fourth-order valence-corrected chi connectivity index (χ4v) is 3.20. The molecule has 0 radical (unpaired) electrons. The van der Waals surface area contributed by atoms with Crippen molar-refractivity contribution in [3.8, 4) is 11.5 Å². The number of hydrogen-bond donors (Lipinski definition) is 3. The summed E-state index contributed by atoms with van der Waals surface area (Å²) in [6.07, 6.45) is 3.44. The summed E-state index contributed by atoms with van der Waals surface area (Å²) >= 11 is 0. The molecule has 3 rings (SSSR count). The van der Waals surface area contributed by atoms with Gasteiger partial charge in [0.05, 0.1) is 25.1 Å². The van der Waals surface area contributed by atoms with Crippen molar-refractivity contribution in [1.29, 1.82) is 0 Å². The van der Waals surface area contributed by atoms with E-state index in [9.17, 15) is 14.4 Å². The van der Waals surface area contributed by atoms with Gasteiger partial charge in [0, 0.05) is 13.2 Å². The zero-order chi connectivity index (χ0) is 24.3. The lowest BCUT2D eigenvalue weighted by atomic mass is 10.2. The molecule has 3 amide bonds. The smallest absolute Gasteiger partial charge is 0.329 e. The van der Waals surface area contributed by atoms with Crippen LogP contribution in [0.1, 0.15) is 24.0 Å². The van der Waals surface area contributed by atoms with Crippen LogP contribution >= 0.6 is 0 Å². The number of amides is 3. The minimum absolute atomic E-state index is 0.0828. The van der Waals surface area contributed by atoms with Crippen molar-refractivity contribution in [3.63, 3.8) is 0 Å². The number of carbonyl (C=O) groups excluding carboxylic acids is 3. The van der Waals surface area contributed by atoms with Crippen LogP contribution in [0, 0.1) is 6.92 Å². The fraction of sp³-hybridized carbons (Fsp3) is 0.333. The molecule has 34 heavy (non-hydrogen) atoms. The quantitative estimate of drug-likeness (QED) is 0.292. The standard InChI is InChI=1S/C24H28N4O6/c1-16-5-10-21(32-2)20(12-16)27-23(30)24(31)28-26-13-17-6-8-18(9-7-17)34-15-22(29)25-14-19-4-3-11-33-19/h5-10,12-13,19H,3-4,11,14-15H2,1-2H3,(H,25,29)(H,27,30)(H,28,31)/b26-13-/t19-/m0/s1. The van der Waals surface area contributed by atoms with Gasteiger partial charge in [0.2, 0.25) is 0 Å². The lowest BCUT2D eigenvalue weighted by molar-refractivity contribution is -0.136. The Morgan fingerprint density at radius 3 is 2.65 bits per heavy atom. The fourth-order valence-electron chi connectivity index (χ4n) is 3.20. The normalized spacial score (nSPS) is 15.1. The van der Waals surface area contributed by atoms with E-state index in [2.05, 4.69) is 21.2 Å². The predicted molar refractivity (Wildman–Crippen MR) is 126 cm³/mol. The van der Waals surface area contributed by atoms with E-state index in [-0.39, 0.29) is 18.6 Å². The van der Waals surface area contributed by atoms with Gasteiger partial charge in [0.25, 0.3) is 5.91 Å². The summed E-state index contributed by atoms with van der Waals surface area (Å²) in [5, 5.41) is 9.09. The van der Waals surface area contributed by atoms with Gasteiger partial charge in [-0.15, -0.1) is 0 Å². The third-order valence-electron chi connectivity index (χ3n) is 4.99. The van der Waals surface area contributed by atoms with Crippen molar-refractivity contribution < 1.29 is 28.6 Å². The number of ether oxygens (including phenoxy) is 3. The molecule has 2 aromatic carbocycles. The van der Waals surface area contributed by atoms with Crippen molar-refractivity contribution in [3.05, 3.63) is 53.6 Å². The summed E-state index contributed by atoms with van der Waals surface area (Å²) in [4.78, 5) is 36.0. The molecule has 180 valence electrons. The first kappa shape index (κ1) is 24.7. The number of methoxy groups -OCH3 is 1. The molecule has 1 fully saturated rings. The van der Waals surface area contributed by atoms with E-state index in [0.717, 1.165) is 25.0 Å². The molecular weight excluding hydrogens is 440 g/mol. The van der Waals surface area contributed by atoms with Gasteiger partial charge >= 0.3 is 11.8 Å². The van der Waals surface area contributed by atoms with Gasteiger partial charge in [-0.25, -0.2) is 5.43 Å². The SMILES string of the molecule is COc1ccc(C)cc1NC(=O)C(=O)N/N=C\c1ccc(OCC(=O)NC[C@@H]2CCCO2)cc1. The van der Waals surface area contributed by atoms with E-state index in [4.69, 9.17) is 14.2 Å². The van der Waals surface area contributed by atoms with Crippen molar-refractivity contribution in [2.24, 2.45) is 5.10 Å². The first-order valence-corrected chi connectivity index (χ1v) is 10.8. The largest absolute Gasteiger partial charge is 0.495 e. The van der Waals surface area contributed by atoms with Crippen molar-refractivity contribution in [2.75, 3.05) is 32.2 Å². The van der Waals surface area contributed by atoms with E-state index in [1.54, 1.807) is 36.4 Å². The van der Waals surface area contributed by atoms with E-state index >= 15 is 0 Å². The topological polar surface area (TPSA) is 127 Å². The predicted octanol–water partition coefficient (Wildman–Crippen LogP) is 1.77. The molecule has 0 aliphatic carbocycles. The molecule has 0 aromatic heterocycles. The van der Waals surface area contributed by atoms with E-state index < -0.39 is 11.8 Å². The van der Waals surface area contributed by atoms with Gasteiger partial charge in [0.1, 0.15) is 11.5 Å². The Morgan fingerprint density at radius 2 is 1.94 bits per heavy atom. The first-order valence-electron chi connectivity index (χ1n) is 10.8. The summed E-state index contributed by atoms with van der Waals surface area (Å²) < 4.78 is 16.1. The number of carbonyl (C=O) groups is 3. The summed E-state index contributed by atoms with van der Waals surface area (Å²) in [6, 6.07) is 12.0. The van der Waals surface area contributed by atoms with Gasteiger partial charge in [-0.1, -0.05) is 6.07 Å². The molecule has 10 heteroatoms. The average molecular weight is 469 g/mol. The highest BCUT2D eigenvalue weighted by Crippen LogP contribution is 2.25. The maximum atomic E-state index is 12.1. The molecule has 10 nitrogen and oxygen atoms in total. The minimum atomic E-state index is -0.922. The number of nitrogens with zero attached hydrogens (tertiary/aromatic N) is 1.